The molecule has 3 aromatic carbocycles. The van der Waals surface area contributed by atoms with Gasteiger partial charge >= 0.3 is 23.9 Å². The molecule has 12 heteroatoms. The van der Waals surface area contributed by atoms with Gasteiger partial charge in [0.15, 0.2) is 0 Å². The van der Waals surface area contributed by atoms with Crippen LogP contribution in [-0.4, -0.2) is 50.3 Å². The molecule has 0 fully saturated rings. The normalized spacial score (nSPS) is 10.9. The molecule has 0 aliphatic heterocycles. The lowest BCUT2D eigenvalue weighted by molar-refractivity contribution is -0.138. The van der Waals surface area contributed by atoms with Gasteiger partial charge in [0.05, 0.1) is 37.6 Å². The van der Waals surface area contributed by atoms with Crippen LogP contribution >= 0.6 is 0 Å². The van der Waals surface area contributed by atoms with Gasteiger partial charge in [0.25, 0.3) is 0 Å². The van der Waals surface area contributed by atoms with Crippen LogP contribution in [0.25, 0.3) is 0 Å². The maximum atomic E-state index is 14.9. The molecule has 0 atom stereocenters. The maximum Gasteiger partial charge on any atom is 0.346 e. The van der Waals surface area contributed by atoms with Crippen LogP contribution < -0.4 is 18.9 Å². The second-order valence-corrected chi connectivity index (χ2v) is 19.3. The van der Waals surface area contributed by atoms with E-state index in [1.807, 2.05) is 0 Å². The summed E-state index contributed by atoms with van der Waals surface area (Å²) in [6.07, 6.45) is 40.4. The van der Waals surface area contributed by atoms with Gasteiger partial charge in [-0.15, -0.1) is 0 Å². The topological polar surface area (TPSA) is 124 Å². The molecule has 74 heavy (non-hydrogen) atoms. The first-order chi connectivity index (χ1) is 36.2. The molecular weight excluding hydrogens is 943 g/mol. The van der Waals surface area contributed by atoms with Gasteiger partial charge in [-0.3, -0.25) is 0 Å². The van der Waals surface area contributed by atoms with E-state index in [2.05, 4.69) is 13.2 Å². The molecule has 0 spiro atoms. The predicted octanol–water partition coefficient (Wildman–Crippen LogP) is 17.1. The number of benzene rings is 3. The van der Waals surface area contributed by atoms with E-state index in [4.69, 9.17) is 28.4 Å². The monoisotopic (exact) mass is 1030 g/mol. The van der Waals surface area contributed by atoms with Gasteiger partial charge in [-0.2, -0.15) is 0 Å². The Morgan fingerprint density at radius 3 is 0.811 bits per heavy atom. The third kappa shape index (κ3) is 30.6. The molecule has 0 heterocycles. The molecule has 410 valence electrons. The zero-order valence-corrected chi connectivity index (χ0v) is 44.6. The highest BCUT2D eigenvalue weighted by atomic mass is 19.1. The first kappa shape index (κ1) is 62.8. The smallest absolute Gasteiger partial charge is 0.346 e. The van der Waals surface area contributed by atoms with Crippen LogP contribution in [0, 0.1) is 11.6 Å². The van der Waals surface area contributed by atoms with Crippen molar-refractivity contribution in [2.75, 3.05) is 26.4 Å². The van der Waals surface area contributed by atoms with Crippen molar-refractivity contribution in [1.82, 2.24) is 0 Å². The van der Waals surface area contributed by atoms with Gasteiger partial charge < -0.3 is 28.4 Å². The molecule has 0 saturated heterocycles. The van der Waals surface area contributed by atoms with Gasteiger partial charge in [-0.25, -0.2) is 28.0 Å². The fourth-order valence-corrected chi connectivity index (χ4v) is 8.60. The minimum absolute atomic E-state index is 0.111. The van der Waals surface area contributed by atoms with Crippen molar-refractivity contribution in [3.63, 3.8) is 0 Å². The fourth-order valence-electron chi connectivity index (χ4n) is 8.60. The second kappa shape index (κ2) is 41.8. The lowest BCUT2D eigenvalue weighted by Gasteiger charge is -2.10. The summed E-state index contributed by atoms with van der Waals surface area (Å²) in [4.78, 5) is 47.6. The Hall–Kier alpha value is -5.52. The highest BCUT2D eigenvalue weighted by Gasteiger charge is 2.18. The molecule has 0 aliphatic rings. The Morgan fingerprint density at radius 2 is 0.568 bits per heavy atom. The van der Waals surface area contributed by atoms with Crippen LogP contribution in [0.5, 0.6) is 23.0 Å². The zero-order valence-electron chi connectivity index (χ0n) is 44.6. The third-order valence-electron chi connectivity index (χ3n) is 13.0. The molecule has 0 amide bonds. The van der Waals surface area contributed by atoms with Gasteiger partial charge in [0, 0.05) is 24.3 Å². The first-order valence-electron chi connectivity index (χ1n) is 28.2. The maximum absolute atomic E-state index is 14.9. The molecule has 0 radical (unpaired) electrons. The summed E-state index contributed by atoms with van der Waals surface area (Å²) in [6, 6.07) is 13.7. The molecule has 10 nitrogen and oxygen atoms in total. The third-order valence-corrected chi connectivity index (χ3v) is 13.0. The summed E-state index contributed by atoms with van der Waals surface area (Å²) in [5.74, 6) is -3.06. The van der Waals surface area contributed by atoms with Gasteiger partial charge in [0.1, 0.15) is 34.6 Å². The summed E-state index contributed by atoms with van der Waals surface area (Å²) >= 11 is 0. The largest absolute Gasteiger partial charge is 0.493 e. The minimum Gasteiger partial charge on any atom is -0.493 e. The lowest BCUT2D eigenvalue weighted by Crippen LogP contribution is -2.12. The predicted molar refractivity (Wildman–Crippen MR) is 290 cm³/mol. The van der Waals surface area contributed by atoms with Crippen molar-refractivity contribution < 1.29 is 56.4 Å². The van der Waals surface area contributed by atoms with Crippen molar-refractivity contribution in [1.29, 1.82) is 0 Å². The quantitative estimate of drug-likeness (QED) is 0.0234. The molecule has 0 unspecified atom stereocenters. The van der Waals surface area contributed by atoms with E-state index in [1.165, 1.54) is 202 Å². The van der Waals surface area contributed by atoms with Crippen molar-refractivity contribution in [2.24, 2.45) is 0 Å². The summed E-state index contributed by atoms with van der Waals surface area (Å²) < 4.78 is 62.1. The van der Waals surface area contributed by atoms with E-state index in [-0.39, 0.29) is 34.6 Å². The number of hydrogen-bond acceptors (Lipinski definition) is 10. The van der Waals surface area contributed by atoms with E-state index in [9.17, 15) is 28.0 Å². The number of halogens is 2. The number of rotatable bonds is 46. The van der Waals surface area contributed by atoms with E-state index in [0.29, 0.717) is 37.9 Å². The fraction of sp³-hybridized carbons (Fsp3) is 0.581. The van der Waals surface area contributed by atoms with Crippen LogP contribution in [0.15, 0.2) is 86.0 Å². The van der Waals surface area contributed by atoms with Crippen LogP contribution in [0.4, 0.5) is 8.78 Å². The Bertz CT molecular complexity index is 1880. The number of unbranched alkanes of at least 4 members (excludes halogenated alkanes) is 30. The van der Waals surface area contributed by atoms with Crippen LogP contribution in [0.2, 0.25) is 0 Å². The SMILES string of the molecule is C=CC(=O)OCCCCCCCCCCCCCCCCCCOc1ccc(C(=O)Oc2ccc(OC(=O)c3ccc(OCCCCCCCCCCCCCCCCCCOC(=O)C=C)cc3F)cc2)c(F)c1. The number of ether oxygens (including phenoxy) is 6. The van der Waals surface area contributed by atoms with Crippen LogP contribution in [-0.2, 0) is 19.1 Å². The molecule has 3 rings (SSSR count). The Labute approximate surface area is 442 Å². The average molecular weight is 1030 g/mol. The molecular formula is C62H88F2O10. The number of carbonyl (C=O) groups excluding carboxylic acids is 4. The molecule has 0 N–H and O–H groups in total. The summed E-state index contributed by atoms with van der Waals surface area (Å²) in [5, 5.41) is 0. The minimum atomic E-state index is -0.888. The summed E-state index contributed by atoms with van der Waals surface area (Å²) in [7, 11) is 0. The Kier molecular flexibility index (Phi) is 35.4. The zero-order chi connectivity index (χ0) is 53.1. The van der Waals surface area contributed by atoms with Gasteiger partial charge in [-0.1, -0.05) is 193 Å². The Morgan fingerprint density at radius 1 is 0.338 bits per heavy atom. The number of carbonyl (C=O) groups is 4. The first-order valence-corrected chi connectivity index (χ1v) is 28.2. The standard InChI is InChI=1S/C62H88F2O10/c1-3-59(65)71-47-35-31-27-23-19-15-11-7-5-9-13-17-21-25-29-33-45-69-53-41-43-55(57(63)49-53)61(67)73-51-37-39-52(40-38-51)74-62(68)56-44-42-54(50-58(56)64)70-46-34-30-26-22-18-14-10-6-8-12-16-20-24-28-32-36-48-72-60(66)4-2/h3-4,37-44,49-50H,1-2,5-36,45-48H2. The second-order valence-electron chi connectivity index (χ2n) is 19.3. The van der Waals surface area contributed by atoms with Gasteiger partial charge in [-0.05, 0) is 74.2 Å². The lowest BCUT2D eigenvalue weighted by atomic mass is 10.0. The van der Waals surface area contributed by atoms with Crippen molar-refractivity contribution >= 4 is 23.9 Å². The highest BCUT2D eigenvalue weighted by Crippen LogP contribution is 2.25. The van der Waals surface area contributed by atoms with Crippen molar-refractivity contribution in [3.05, 3.63) is 109 Å². The van der Waals surface area contributed by atoms with E-state index >= 15 is 0 Å². The van der Waals surface area contributed by atoms with E-state index < -0.39 is 23.6 Å². The summed E-state index contributed by atoms with van der Waals surface area (Å²) in [6.45, 7) is 8.70. The molecule has 0 aliphatic carbocycles. The van der Waals surface area contributed by atoms with E-state index in [0.717, 1.165) is 64.2 Å². The molecule has 3 aromatic rings. The van der Waals surface area contributed by atoms with Crippen LogP contribution in [0.1, 0.15) is 226 Å². The van der Waals surface area contributed by atoms with E-state index in [1.54, 1.807) is 12.1 Å². The van der Waals surface area contributed by atoms with Crippen LogP contribution in [0.3, 0.4) is 0 Å². The number of esters is 4. The van der Waals surface area contributed by atoms with Crippen molar-refractivity contribution in [3.8, 4) is 23.0 Å². The highest BCUT2D eigenvalue weighted by molar-refractivity contribution is 5.92. The summed E-state index contributed by atoms with van der Waals surface area (Å²) in [5.41, 5.74) is -0.486. The van der Waals surface area contributed by atoms with Crippen molar-refractivity contribution in [2.45, 2.75) is 205 Å². The molecule has 0 aromatic heterocycles. The molecule has 0 saturated carbocycles. The number of hydrogen-bond donors (Lipinski definition) is 0. The Balaban J connectivity index is 1.16. The average Bonchev–Trinajstić information content (AvgIpc) is 3.40. The van der Waals surface area contributed by atoms with Gasteiger partial charge in [0.2, 0.25) is 0 Å². The molecule has 0 bridgehead atoms.